The Labute approximate surface area is 167 Å². The molecule has 2 N–H and O–H groups in total. The number of ether oxygens (including phenoxy) is 3. The number of esters is 1. The van der Waals surface area contributed by atoms with Gasteiger partial charge in [-0.25, -0.2) is 0 Å². The molecule has 148 valence electrons. The molecule has 1 rings (SSSR count). The Morgan fingerprint density at radius 1 is 1.27 bits per heavy atom. The normalized spacial score (nSPS) is 14.0. The van der Waals surface area contributed by atoms with Crippen molar-refractivity contribution in [2.24, 2.45) is 11.7 Å². The predicted molar refractivity (Wildman–Crippen MR) is 109 cm³/mol. The zero-order valence-electron chi connectivity index (χ0n) is 16.1. The molecule has 2 unspecified atom stereocenters. The number of carbonyl (C=O) groups excluding carboxylic acids is 1. The first-order chi connectivity index (χ1) is 12.1. The number of halogens is 2. The molecule has 0 bridgehead atoms. The van der Waals surface area contributed by atoms with E-state index in [9.17, 15) is 4.79 Å². The highest BCUT2D eigenvalue weighted by Crippen LogP contribution is 2.41. The molecule has 0 fully saturated rings. The number of benzene rings is 1. The van der Waals surface area contributed by atoms with Crippen LogP contribution >= 0.6 is 23.2 Å². The summed E-state index contributed by atoms with van der Waals surface area (Å²) in [6.45, 7) is 9.54. The van der Waals surface area contributed by atoms with E-state index in [1.54, 1.807) is 19.1 Å². The standard InChI is InChI=1S/C18H29Cl2NO4Si/c1-12(18(22)23-2)13(10-21)16-15(7-6-14(19)17(16)20)25-11-24-8-9-26(3,4)5/h6-7,12-13H,8-11,21H2,1-5H3. The fourth-order valence-electron chi connectivity index (χ4n) is 2.48. The van der Waals surface area contributed by atoms with Crippen LogP contribution in [0.3, 0.4) is 0 Å². The average molecular weight is 422 g/mol. The number of nitrogens with two attached hydrogens (primary N) is 1. The average Bonchev–Trinajstić information content (AvgIpc) is 2.58. The van der Waals surface area contributed by atoms with Gasteiger partial charge in [0.1, 0.15) is 5.75 Å². The third-order valence-electron chi connectivity index (χ3n) is 4.19. The summed E-state index contributed by atoms with van der Waals surface area (Å²) in [6, 6.07) is 4.43. The number of rotatable bonds is 10. The molecule has 8 heteroatoms. The second-order valence-corrected chi connectivity index (χ2v) is 13.8. The minimum Gasteiger partial charge on any atom is -0.469 e. The highest BCUT2D eigenvalue weighted by molar-refractivity contribution is 6.76. The van der Waals surface area contributed by atoms with Gasteiger partial charge in [0, 0.05) is 32.7 Å². The summed E-state index contributed by atoms with van der Waals surface area (Å²) in [5, 5.41) is 0.710. The second kappa shape index (κ2) is 10.5. The molecular weight excluding hydrogens is 393 g/mol. The molecule has 0 radical (unpaired) electrons. The van der Waals surface area contributed by atoms with E-state index in [-0.39, 0.29) is 25.2 Å². The minimum absolute atomic E-state index is 0.0966. The van der Waals surface area contributed by atoms with Crippen LogP contribution in [0.25, 0.3) is 0 Å². The maximum absolute atomic E-state index is 12.0. The summed E-state index contributed by atoms with van der Waals surface area (Å²) in [7, 11) is 0.187. The molecule has 0 heterocycles. The third-order valence-corrected chi connectivity index (χ3v) is 6.71. The summed E-state index contributed by atoms with van der Waals surface area (Å²) in [6.07, 6.45) is 0. The SMILES string of the molecule is COC(=O)C(C)C(CN)c1c(OCOCC[Si](C)(C)C)ccc(Cl)c1Cl. The zero-order valence-corrected chi connectivity index (χ0v) is 18.6. The van der Waals surface area contributed by atoms with E-state index in [1.165, 1.54) is 7.11 Å². The molecule has 26 heavy (non-hydrogen) atoms. The maximum atomic E-state index is 12.0. The van der Waals surface area contributed by atoms with Crippen molar-refractivity contribution in [1.82, 2.24) is 0 Å². The molecule has 1 aromatic carbocycles. The quantitative estimate of drug-likeness (QED) is 0.260. The molecule has 0 aliphatic rings. The first kappa shape index (κ1) is 23.2. The van der Waals surface area contributed by atoms with Crippen molar-refractivity contribution >= 4 is 37.2 Å². The van der Waals surface area contributed by atoms with Crippen LogP contribution in [-0.2, 0) is 14.3 Å². The summed E-state index contributed by atoms with van der Waals surface area (Å²) in [4.78, 5) is 12.0. The lowest BCUT2D eigenvalue weighted by molar-refractivity contribution is -0.145. The van der Waals surface area contributed by atoms with Gasteiger partial charge in [0.2, 0.25) is 0 Å². The van der Waals surface area contributed by atoms with E-state index >= 15 is 0 Å². The van der Waals surface area contributed by atoms with Crippen molar-refractivity contribution in [2.45, 2.75) is 38.5 Å². The molecule has 0 saturated heterocycles. The lowest BCUT2D eigenvalue weighted by Gasteiger charge is -2.25. The predicted octanol–water partition coefficient (Wildman–Crippen LogP) is 4.54. The maximum Gasteiger partial charge on any atom is 0.309 e. The lowest BCUT2D eigenvalue weighted by Crippen LogP contribution is -2.27. The Morgan fingerprint density at radius 3 is 2.46 bits per heavy atom. The smallest absolute Gasteiger partial charge is 0.309 e. The van der Waals surface area contributed by atoms with Gasteiger partial charge in [-0.3, -0.25) is 4.79 Å². The van der Waals surface area contributed by atoms with Gasteiger partial charge in [-0.05, 0) is 18.2 Å². The van der Waals surface area contributed by atoms with Gasteiger partial charge >= 0.3 is 5.97 Å². The van der Waals surface area contributed by atoms with E-state index in [2.05, 4.69) is 19.6 Å². The van der Waals surface area contributed by atoms with Gasteiger partial charge in [0.05, 0.1) is 23.1 Å². The van der Waals surface area contributed by atoms with Crippen molar-refractivity contribution < 1.29 is 19.0 Å². The Kier molecular flexibility index (Phi) is 9.40. The summed E-state index contributed by atoms with van der Waals surface area (Å²) in [5.41, 5.74) is 6.52. The Morgan fingerprint density at radius 2 is 1.92 bits per heavy atom. The van der Waals surface area contributed by atoms with Crippen molar-refractivity contribution in [3.05, 3.63) is 27.7 Å². The molecule has 0 aromatic heterocycles. The molecule has 0 amide bonds. The van der Waals surface area contributed by atoms with Gasteiger partial charge in [-0.1, -0.05) is 49.8 Å². The molecule has 2 atom stereocenters. The van der Waals surface area contributed by atoms with Gasteiger partial charge in [-0.15, -0.1) is 0 Å². The Hall–Kier alpha value is -0.793. The fourth-order valence-corrected chi connectivity index (χ4v) is 3.70. The van der Waals surface area contributed by atoms with E-state index in [4.69, 9.17) is 43.1 Å². The van der Waals surface area contributed by atoms with E-state index < -0.39 is 14.0 Å². The van der Waals surface area contributed by atoms with Crippen LogP contribution in [0.2, 0.25) is 35.7 Å². The molecule has 0 saturated carbocycles. The monoisotopic (exact) mass is 421 g/mol. The lowest BCUT2D eigenvalue weighted by atomic mass is 9.86. The summed E-state index contributed by atoms with van der Waals surface area (Å²) < 4.78 is 16.2. The van der Waals surface area contributed by atoms with Crippen molar-refractivity contribution in [3.63, 3.8) is 0 Å². The van der Waals surface area contributed by atoms with E-state index in [0.717, 1.165) is 6.04 Å². The highest BCUT2D eigenvalue weighted by atomic mass is 35.5. The van der Waals surface area contributed by atoms with Crippen LogP contribution in [0, 0.1) is 5.92 Å². The molecule has 1 aromatic rings. The molecule has 0 spiro atoms. The second-order valence-electron chi connectivity index (χ2n) is 7.41. The van der Waals surface area contributed by atoms with Crippen molar-refractivity contribution in [2.75, 3.05) is 27.1 Å². The van der Waals surface area contributed by atoms with E-state index in [1.807, 2.05) is 0 Å². The fraction of sp³-hybridized carbons (Fsp3) is 0.611. The summed E-state index contributed by atoms with van der Waals surface area (Å²) in [5.74, 6) is -0.728. The van der Waals surface area contributed by atoms with Crippen LogP contribution in [0.5, 0.6) is 5.75 Å². The third kappa shape index (κ3) is 6.74. The van der Waals surface area contributed by atoms with Gasteiger partial charge in [-0.2, -0.15) is 0 Å². The Bertz CT molecular complexity index is 608. The number of hydrogen-bond donors (Lipinski definition) is 1. The highest BCUT2D eigenvalue weighted by Gasteiger charge is 2.30. The first-order valence-corrected chi connectivity index (χ1v) is 13.0. The van der Waals surface area contributed by atoms with Crippen LogP contribution < -0.4 is 10.5 Å². The molecule has 0 aliphatic carbocycles. The van der Waals surface area contributed by atoms with Crippen LogP contribution in [0.15, 0.2) is 12.1 Å². The number of methoxy groups -OCH3 is 1. The minimum atomic E-state index is -1.16. The van der Waals surface area contributed by atoms with Gasteiger partial charge < -0.3 is 19.9 Å². The van der Waals surface area contributed by atoms with Crippen LogP contribution in [-0.4, -0.2) is 41.1 Å². The number of carbonyl (C=O) groups is 1. The first-order valence-electron chi connectivity index (χ1n) is 8.58. The van der Waals surface area contributed by atoms with E-state index in [0.29, 0.717) is 28.0 Å². The van der Waals surface area contributed by atoms with Gasteiger partial charge in [0.25, 0.3) is 0 Å². The van der Waals surface area contributed by atoms with Crippen molar-refractivity contribution in [1.29, 1.82) is 0 Å². The van der Waals surface area contributed by atoms with Gasteiger partial charge in [0.15, 0.2) is 6.79 Å². The topological polar surface area (TPSA) is 70.8 Å². The number of hydrogen-bond acceptors (Lipinski definition) is 5. The molecular formula is C18H29Cl2NO4Si. The Balaban J connectivity index is 2.96. The van der Waals surface area contributed by atoms with Crippen LogP contribution in [0.4, 0.5) is 0 Å². The van der Waals surface area contributed by atoms with Crippen LogP contribution in [0.1, 0.15) is 18.4 Å². The summed E-state index contributed by atoms with van der Waals surface area (Å²) >= 11 is 12.6. The zero-order chi connectivity index (χ0) is 19.9. The molecule has 5 nitrogen and oxygen atoms in total. The largest absolute Gasteiger partial charge is 0.469 e. The van der Waals surface area contributed by atoms with Crippen molar-refractivity contribution in [3.8, 4) is 5.75 Å². The molecule has 0 aliphatic heterocycles.